The summed E-state index contributed by atoms with van der Waals surface area (Å²) in [6, 6.07) is 4.97. The Hall–Kier alpha value is -1.12. The second-order valence-corrected chi connectivity index (χ2v) is 3.54. The number of rotatable bonds is 2. The molecule has 0 radical (unpaired) electrons. The first-order valence-electron chi connectivity index (χ1n) is 4.78. The molecule has 1 aromatic rings. The minimum absolute atomic E-state index is 0.0449. The van der Waals surface area contributed by atoms with Gasteiger partial charge in [0.25, 0.3) is 0 Å². The highest BCUT2D eigenvalue weighted by atomic mass is 19.3. The molecule has 1 heterocycles. The van der Waals surface area contributed by atoms with E-state index in [-0.39, 0.29) is 5.56 Å². The molecule has 0 amide bonds. The van der Waals surface area contributed by atoms with Crippen molar-refractivity contribution in [3.8, 4) is 5.75 Å². The Balaban J connectivity index is 2.45. The highest BCUT2D eigenvalue weighted by molar-refractivity contribution is 5.46. The fraction of sp³-hybridized carbons (Fsp3) is 0.455. The van der Waals surface area contributed by atoms with E-state index in [0.29, 0.717) is 5.75 Å². The Morgan fingerprint density at radius 1 is 1.43 bits per heavy atom. The van der Waals surface area contributed by atoms with Gasteiger partial charge < -0.3 is 4.74 Å². The number of para-hydroxylation sites is 1. The van der Waals surface area contributed by atoms with Crippen molar-refractivity contribution in [2.24, 2.45) is 0 Å². The van der Waals surface area contributed by atoms with Gasteiger partial charge in [0.15, 0.2) is 6.61 Å². The van der Waals surface area contributed by atoms with Crippen molar-refractivity contribution in [3.05, 3.63) is 29.3 Å². The summed E-state index contributed by atoms with van der Waals surface area (Å²) in [7, 11) is 0. The minimum atomic E-state index is -2.81. The maximum Gasteiger partial charge on any atom is 0.310 e. The van der Waals surface area contributed by atoms with E-state index in [9.17, 15) is 8.78 Å². The number of fused-ring (bicyclic) bond motifs is 1. The first-order chi connectivity index (χ1) is 6.65. The number of hydrogen-bond donors (Lipinski definition) is 0. The summed E-state index contributed by atoms with van der Waals surface area (Å²) in [4.78, 5) is 0. The summed E-state index contributed by atoms with van der Waals surface area (Å²) in [5.41, 5.74) is 0.936. The molecule has 1 aliphatic heterocycles. The molecular formula is C11H12F2O. The van der Waals surface area contributed by atoms with E-state index >= 15 is 0 Å². The molecule has 0 aliphatic carbocycles. The second-order valence-electron chi connectivity index (χ2n) is 3.54. The van der Waals surface area contributed by atoms with Gasteiger partial charge in [-0.2, -0.15) is 8.78 Å². The van der Waals surface area contributed by atoms with Crippen LogP contribution in [0.1, 0.15) is 24.5 Å². The number of aryl methyl sites for hydroxylation is 1. The van der Waals surface area contributed by atoms with Crippen LogP contribution in [0.4, 0.5) is 8.78 Å². The third kappa shape index (κ3) is 1.37. The molecule has 0 spiro atoms. The van der Waals surface area contributed by atoms with E-state index in [1.807, 2.05) is 13.0 Å². The van der Waals surface area contributed by atoms with Crippen LogP contribution >= 0.6 is 0 Å². The maximum atomic E-state index is 13.2. The molecule has 76 valence electrons. The number of ether oxygens (including phenoxy) is 1. The molecule has 3 heteroatoms. The van der Waals surface area contributed by atoms with Crippen LogP contribution in [0.15, 0.2) is 18.2 Å². The molecule has 0 unspecified atom stereocenters. The highest BCUT2D eigenvalue weighted by Crippen LogP contribution is 2.43. The Bertz CT molecular complexity index is 347. The average molecular weight is 198 g/mol. The van der Waals surface area contributed by atoms with Gasteiger partial charge in [0.1, 0.15) is 5.75 Å². The summed E-state index contributed by atoms with van der Waals surface area (Å²) >= 11 is 0. The van der Waals surface area contributed by atoms with Gasteiger partial charge in [0.2, 0.25) is 0 Å². The van der Waals surface area contributed by atoms with Gasteiger partial charge in [-0.15, -0.1) is 0 Å². The first-order valence-corrected chi connectivity index (χ1v) is 4.78. The summed E-state index contributed by atoms with van der Waals surface area (Å²) in [6.45, 7) is 1.51. The molecule has 1 aliphatic rings. The van der Waals surface area contributed by atoms with Gasteiger partial charge >= 0.3 is 5.92 Å². The molecule has 1 aromatic carbocycles. The van der Waals surface area contributed by atoms with Crippen LogP contribution in [0.25, 0.3) is 0 Å². The van der Waals surface area contributed by atoms with E-state index in [0.717, 1.165) is 18.4 Å². The Morgan fingerprint density at radius 3 is 2.93 bits per heavy atom. The molecule has 0 saturated carbocycles. The fourth-order valence-electron chi connectivity index (χ4n) is 1.75. The second kappa shape index (κ2) is 3.23. The largest absolute Gasteiger partial charge is 0.486 e. The number of alkyl halides is 2. The minimum Gasteiger partial charge on any atom is -0.486 e. The third-order valence-electron chi connectivity index (χ3n) is 2.41. The van der Waals surface area contributed by atoms with Gasteiger partial charge in [-0.25, -0.2) is 0 Å². The van der Waals surface area contributed by atoms with Crippen molar-refractivity contribution >= 4 is 0 Å². The predicted octanol–water partition coefficient (Wildman–Crippen LogP) is 3.12. The van der Waals surface area contributed by atoms with Crippen molar-refractivity contribution in [1.82, 2.24) is 0 Å². The van der Waals surface area contributed by atoms with E-state index in [1.165, 1.54) is 6.07 Å². The molecule has 0 N–H and O–H groups in total. The van der Waals surface area contributed by atoms with Crippen LogP contribution in [0.2, 0.25) is 0 Å². The van der Waals surface area contributed by atoms with Crippen LogP contribution < -0.4 is 4.74 Å². The van der Waals surface area contributed by atoms with Crippen LogP contribution in [0.5, 0.6) is 5.75 Å². The Morgan fingerprint density at radius 2 is 2.21 bits per heavy atom. The zero-order valence-corrected chi connectivity index (χ0v) is 8.02. The van der Waals surface area contributed by atoms with E-state index in [2.05, 4.69) is 0 Å². The normalized spacial score (nSPS) is 17.6. The van der Waals surface area contributed by atoms with Gasteiger partial charge in [-0.05, 0) is 18.1 Å². The molecule has 2 rings (SSSR count). The molecular weight excluding hydrogens is 186 g/mol. The van der Waals surface area contributed by atoms with Gasteiger partial charge in [-0.3, -0.25) is 0 Å². The van der Waals surface area contributed by atoms with Crippen molar-refractivity contribution in [2.45, 2.75) is 25.7 Å². The van der Waals surface area contributed by atoms with E-state index < -0.39 is 12.5 Å². The van der Waals surface area contributed by atoms with Crippen molar-refractivity contribution in [1.29, 1.82) is 0 Å². The van der Waals surface area contributed by atoms with Gasteiger partial charge in [0, 0.05) is 0 Å². The Kier molecular flexibility index (Phi) is 2.17. The number of hydrogen-bond acceptors (Lipinski definition) is 1. The third-order valence-corrected chi connectivity index (χ3v) is 2.41. The van der Waals surface area contributed by atoms with E-state index in [4.69, 9.17) is 4.74 Å². The lowest BCUT2D eigenvalue weighted by Crippen LogP contribution is -2.14. The van der Waals surface area contributed by atoms with Crippen LogP contribution in [-0.4, -0.2) is 6.61 Å². The molecule has 0 aromatic heterocycles. The van der Waals surface area contributed by atoms with Gasteiger partial charge in [0.05, 0.1) is 5.56 Å². The molecule has 1 nitrogen and oxygen atoms in total. The van der Waals surface area contributed by atoms with Crippen molar-refractivity contribution in [3.63, 3.8) is 0 Å². The topological polar surface area (TPSA) is 9.23 Å². The quantitative estimate of drug-likeness (QED) is 0.709. The first kappa shape index (κ1) is 9.44. The summed E-state index contributed by atoms with van der Waals surface area (Å²) < 4.78 is 31.5. The average Bonchev–Trinajstić information content (AvgIpc) is 2.45. The Labute approximate surface area is 81.7 Å². The monoisotopic (exact) mass is 198 g/mol. The summed E-state index contributed by atoms with van der Waals surface area (Å²) in [6.07, 6.45) is 1.73. The van der Waals surface area contributed by atoms with Crippen molar-refractivity contribution in [2.75, 3.05) is 6.61 Å². The lowest BCUT2D eigenvalue weighted by molar-refractivity contribution is -0.0214. The van der Waals surface area contributed by atoms with Crippen molar-refractivity contribution < 1.29 is 13.5 Å². The fourth-order valence-corrected chi connectivity index (χ4v) is 1.75. The number of halogens is 2. The number of benzene rings is 1. The SMILES string of the molecule is CCCc1cccc2c1OCC2(F)F. The molecule has 0 fully saturated rings. The van der Waals surface area contributed by atoms with Crippen LogP contribution in [0.3, 0.4) is 0 Å². The summed E-state index contributed by atoms with van der Waals surface area (Å²) in [5, 5.41) is 0. The lowest BCUT2D eigenvalue weighted by Gasteiger charge is -2.07. The smallest absolute Gasteiger partial charge is 0.310 e. The maximum absolute atomic E-state index is 13.2. The zero-order chi connectivity index (χ0) is 10.2. The molecule has 0 atom stereocenters. The van der Waals surface area contributed by atoms with Crippen LogP contribution in [-0.2, 0) is 12.3 Å². The highest BCUT2D eigenvalue weighted by Gasteiger charge is 2.42. The molecule has 14 heavy (non-hydrogen) atoms. The predicted molar refractivity (Wildman–Crippen MR) is 49.8 cm³/mol. The standard InChI is InChI=1S/C11H12F2O/c1-2-4-8-5-3-6-9-10(8)14-7-11(9,12)13/h3,5-6H,2,4,7H2,1H3. The lowest BCUT2D eigenvalue weighted by atomic mass is 10.0. The summed E-state index contributed by atoms with van der Waals surface area (Å²) in [5.74, 6) is -2.40. The molecule has 0 saturated heterocycles. The molecule has 0 bridgehead atoms. The van der Waals surface area contributed by atoms with Crippen LogP contribution in [0, 0.1) is 0 Å². The van der Waals surface area contributed by atoms with Gasteiger partial charge in [-0.1, -0.05) is 25.5 Å². The van der Waals surface area contributed by atoms with E-state index in [1.54, 1.807) is 6.07 Å². The zero-order valence-electron chi connectivity index (χ0n) is 8.02.